The Hall–Kier alpha value is -3.15. The first-order chi connectivity index (χ1) is 13.0. The Kier molecular flexibility index (Phi) is 5.54. The highest BCUT2D eigenvalue weighted by atomic mass is 16.5. The number of nitrogens with one attached hydrogen (secondary N) is 1. The van der Waals surface area contributed by atoms with E-state index in [1.165, 1.54) is 7.11 Å². The Morgan fingerprint density at radius 1 is 1.15 bits per heavy atom. The maximum atomic E-state index is 13.0. The van der Waals surface area contributed by atoms with Crippen LogP contribution >= 0.6 is 0 Å². The number of aryl methyl sites for hydroxylation is 1. The van der Waals surface area contributed by atoms with Gasteiger partial charge in [0.15, 0.2) is 0 Å². The van der Waals surface area contributed by atoms with Gasteiger partial charge in [-0.05, 0) is 31.5 Å². The van der Waals surface area contributed by atoms with Gasteiger partial charge in [0.2, 0.25) is 5.91 Å². The quantitative estimate of drug-likeness (QED) is 0.827. The second kappa shape index (κ2) is 8.03. The van der Waals surface area contributed by atoms with Crippen LogP contribution in [-0.4, -0.2) is 30.7 Å². The van der Waals surface area contributed by atoms with Crippen molar-refractivity contribution in [2.45, 2.75) is 32.4 Å². The van der Waals surface area contributed by atoms with Crippen LogP contribution < -0.4 is 10.3 Å². The highest BCUT2D eigenvalue weighted by Gasteiger charge is 2.37. The zero-order valence-electron chi connectivity index (χ0n) is 15.7. The molecule has 140 valence electrons. The standard InChI is InChI=1S/C21H23N3O3/c1-14-9-11-17(12-10-14)24-19(13-18(23-24)21(26)27-3)20(25)22-15(2)16-7-5-4-6-8-16/h4-12,15,19H,13H2,1-3H3,(H,22,25)/t15-,19+/m0/s1. The first-order valence-corrected chi connectivity index (χ1v) is 8.86. The second-order valence-corrected chi connectivity index (χ2v) is 6.58. The lowest BCUT2D eigenvalue weighted by Crippen LogP contribution is -2.43. The fourth-order valence-corrected chi connectivity index (χ4v) is 3.03. The van der Waals surface area contributed by atoms with Gasteiger partial charge < -0.3 is 10.1 Å². The summed E-state index contributed by atoms with van der Waals surface area (Å²) in [6, 6.07) is 16.7. The SMILES string of the molecule is COC(=O)C1=NN(c2ccc(C)cc2)[C@@H](C(=O)N[C@@H](C)c2ccccc2)C1. The van der Waals surface area contributed by atoms with Crippen LogP contribution in [0.15, 0.2) is 59.7 Å². The Morgan fingerprint density at radius 2 is 1.81 bits per heavy atom. The molecule has 1 N–H and O–H groups in total. The van der Waals surface area contributed by atoms with Crippen LogP contribution in [0.4, 0.5) is 5.69 Å². The van der Waals surface area contributed by atoms with E-state index >= 15 is 0 Å². The van der Waals surface area contributed by atoms with E-state index in [-0.39, 0.29) is 24.1 Å². The predicted octanol–water partition coefficient (Wildman–Crippen LogP) is 2.98. The van der Waals surface area contributed by atoms with Crippen LogP contribution in [-0.2, 0) is 14.3 Å². The molecular formula is C21H23N3O3. The van der Waals surface area contributed by atoms with Gasteiger partial charge in [-0.25, -0.2) is 4.79 Å². The molecule has 0 fully saturated rings. The van der Waals surface area contributed by atoms with Crippen molar-refractivity contribution in [1.82, 2.24) is 5.32 Å². The smallest absolute Gasteiger partial charge is 0.354 e. The molecule has 0 aromatic heterocycles. The molecule has 6 nitrogen and oxygen atoms in total. The van der Waals surface area contributed by atoms with Crippen molar-refractivity contribution >= 4 is 23.3 Å². The molecule has 1 aliphatic heterocycles. The zero-order chi connectivity index (χ0) is 19.4. The number of anilines is 1. The number of amides is 1. The Labute approximate surface area is 158 Å². The van der Waals surface area contributed by atoms with Crippen molar-refractivity contribution in [1.29, 1.82) is 0 Å². The van der Waals surface area contributed by atoms with E-state index in [0.29, 0.717) is 0 Å². The number of hydrogen-bond donors (Lipinski definition) is 1. The minimum atomic E-state index is -0.604. The van der Waals surface area contributed by atoms with E-state index in [1.807, 2.05) is 68.4 Å². The number of methoxy groups -OCH3 is 1. The van der Waals surface area contributed by atoms with Crippen molar-refractivity contribution in [2.24, 2.45) is 5.10 Å². The molecule has 3 rings (SSSR count). The van der Waals surface area contributed by atoms with Gasteiger partial charge in [0, 0.05) is 6.42 Å². The zero-order valence-corrected chi connectivity index (χ0v) is 15.7. The first kappa shape index (κ1) is 18.6. The number of benzene rings is 2. The van der Waals surface area contributed by atoms with Gasteiger partial charge in [0.25, 0.3) is 0 Å². The molecule has 0 spiro atoms. The summed E-state index contributed by atoms with van der Waals surface area (Å²) < 4.78 is 4.79. The van der Waals surface area contributed by atoms with Gasteiger partial charge in [-0.1, -0.05) is 48.0 Å². The summed E-state index contributed by atoms with van der Waals surface area (Å²) in [4.78, 5) is 24.9. The van der Waals surface area contributed by atoms with Gasteiger partial charge in [-0.2, -0.15) is 5.10 Å². The largest absolute Gasteiger partial charge is 0.464 e. The number of rotatable bonds is 5. The summed E-state index contributed by atoms with van der Waals surface area (Å²) in [6.07, 6.45) is 0.202. The maximum absolute atomic E-state index is 13.0. The number of carbonyl (C=O) groups excluding carboxylic acids is 2. The molecule has 1 amide bonds. The van der Waals surface area contributed by atoms with Gasteiger partial charge in [-0.3, -0.25) is 9.80 Å². The topological polar surface area (TPSA) is 71.0 Å². The van der Waals surface area contributed by atoms with Crippen molar-refractivity contribution in [3.8, 4) is 0 Å². The van der Waals surface area contributed by atoms with Gasteiger partial charge >= 0.3 is 5.97 Å². The van der Waals surface area contributed by atoms with Crippen molar-refractivity contribution in [2.75, 3.05) is 12.1 Å². The van der Waals surface area contributed by atoms with Gasteiger partial charge in [0.05, 0.1) is 18.8 Å². The third-order valence-electron chi connectivity index (χ3n) is 4.59. The van der Waals surface area contributed by atoms with Crippen molar-refractivity contribution in [3.63, 3.8) is 0 Å². The lowest BCUT2D eigenvalue weighted by molar-refractivity contribution is -0.132. The lowest BCUT2D eigenvalue weighted by Gasteiger charge is -2.25. The Bertz CT molecular complexity index is 847. The molecule has 6 heteroatoms. The molecule has 2 atom stereocenters. The molecule has 0 saturated carbocycles. The van der Waals surface area contributed by atoms with Crippen LogP contribution in [0.2, 0.25) is 0 Å². The average Bonchev–Trinajstić information content (AvgIpc) is 3.14. The minimum Gasteiger partial charge on any atom is -0.464 e. The number of hydrazone groups is 1. The summed E-state index contributed by atoms with van der Waals surface area (Å²) in [5.74, 6) is -0.701. The lowest BCUT2D eigenvalue weighted by atomic mass is 10.1. The number of nitrogens with zero attached hydrogens (tertiary/aromatic N) is 2. The number of carbonyl (C=O) groups is 2. The van der Waals surface area contributed by atoms with E-state index < -0.39 is 12.0 Å². The van der Waals surface area contributed by atoms with Crippen molar-refractivity contribution < 1.29 is 14.3 Å². The molecule has 2 aromatic carbocycles. The Balaban J connectivity index is 1.82. The molecule has 1 heterocycles. The normalized spacial score (nSPS) is 17.2. The molecule has 1 aliphatic rings. The molecule has 0 aliphatic carbocycles. The predicted molar refractivity (Wildman–Crippen MR) is 105 cm³/mol. The fraction of sp³-hybridized carbons (Fsp3) is 0.286. The first-order valence-electron chi connectivity index (χ1n) is 8.86. The Morgan fingerprint density at radius 3 is 2.44 bits per heavy atom. The van der Waals surface area contributed by atoms with E-state index in [9.17, 15) is 9.59 Å². The van der Waals surface area contributed by atoms with Crippen LogP contribution in [0, 0.1) is 6.92 Å². The number of ether oxygens (including phenoxy) is 1. The van der Waals surface area contributed by atoms with E-state index in [1.54, 1.807) is 5.01 Å². The molecule has 0 bridgehead atoms. The number of esters is 1. The van der Waals surface area contributed by atoms with Crippen LogP contribution in [0.25, 0.3) is 0 Å². The van der Waals surface area contributed by atoms with Crippen LogP contribution in [0.3, 0.4) is 0 Å². The highest BCUT2D eigenvalue weighted by Crippen LogP contribution is 2.26. The van der Waals surface area contributed by atoms with E-state index in [0.717, 1.165) is 16.8 Å². The van der Waals surface area contributed by atoms with E-state index in [4.69, 9.17) is 4.74 Å². The monoisotopic (exact) mass is 365 g/mol. The summed E-state index contributed by atoms with van der Waals surface area (Å²) in [6.45, 7) is 3.92. The molecule has 0 saturated heterocycles. The maximum Gasteiger partial charge on any atom is 0.354 e. The van der Waals surface area contributed by atoms with Crippen molar-refractivity contribution in [3.05, 3.63) is 65.7 Å². The second-order valence-electron chi connectivity index (χ2n) is 6.58. The molecule has 27 heavy (non-hydrogen) atoms. The third-order valence-corrected chi connectivity index (χ3v) is 4.59. The summed E-state index contributed by atoms with van der Waals surface area (Å²) in [5.41, 5.74) is 3.12. The van der Waals surface area contributed by atoms with Crippen LogP contribution in [0.1, 0.15) is 30.5 Å². The summed E-state index contributed by atoms with van der Waals surface area (Å²) in [7, 11) is 1.31. The van der Waals surface area contributed by atoms with E-state index in [2.05, 4.69) is 10.4 Å². The average molecular weight is 365 g/mol. The minimum absolute atomic E-state index is 0.152. The fourth-order valence-electron chi connectivity index (χ4n) is 3.03. The molecule has 0 radical (unpaired) electrons. The van der Waals surface area contributed by atoms with Gasteiger partial charge in [-0.15, -0.1) is 0 Å². The molecule has 2 aromatic rings. The van der Waals surface area contributed by atoms with Crippen LogP contribution in [0.5, 0.6) is 0 Å². The summed E-state index contributed by atoms with van der Waals surface area (Å²) in [5, 5.41) is 8.97. The molecule has 0 unspecified atom stereocenters. The van der Waals surface area contributed by atoms with Gasteiger partial charge in [0.1, 0.15) is 11.8 Å². The number of hydrogen-bond acceptors (Lipinski definition) is 5. The highest BCUT2D eigenvalue weighted by molar-refractivity contribution is 6.38. The summed E-state index contributed by atoms with van der Waals surface area (Å²) >= 11 is 0. The third kappa shape index (κ3) is 4.16. The molecular weight excluding hydrogens is 342 g/mol.